The fourth-order valence-electron chi connectivity index (χ4n) is 1.73. The Bertz CT molecular complexity index is 405. The zero-order chi connectivity index (χ0) is 12.6. The Labute approximate surface area is 108 Å². The SMILES string of the molecule is CC1OCCOCC(CC#Cc2ccccc2)O1. The van der Waals surface area contributed by atoms with E-state index in [1.807, 2.05) is 37.3 Å². The topological polar surface area (TPSA) is 27.7 Å². The monoisotopic (exact) mass is 246 g/mol. The summed E-state index contributed by atoms with van der Waals surface area (Å²) in [4.78, 5) is 0. The molecular weight excluding hydrogens is 228 g/mol. The molecule has 1 aromatic carbocycles. The summed E-state index contributed by atoms with van der Waals surface area (Å²) in [6.45, 7) is 3.69. The summed E-state index contributed by atoms with van der Waals surface area (Å²) in [6, 6.07) is 9.93. The average molecular weight is 246 g/mol. The highest BCUT2D eigenvalue weighted by molar-refractivity contribution is 5.33. The van der Waals surface area contributed by atoms with Gasteiger partial charge in [-0.1, -0.05) is 30.0 Å². The van der Waals surface area contributed by atoms with Crippen molar-refractivity contribution < 1.29 is 14.2 Å². The van der Waals surface area contributed by atoms with E-state index in [4.69, 9.17) is 14.2 Å². The van der Waals surface area contributed by atoms with Gasteiger partial charge in [0.2, 0.25) is 0 Å². The lowest BCUT2D eigenvalue weighted by atomic mass is 10.2. The van der Waals surface area contributed by atoms with Gasteiger partial charge in [0.15, 0.2) is 6.29 Å². The van der Waals surface area contributed by atoms with Crippen molar-refractivity contribution >= 4 is 0 Å². The minimum atomic E-state index is -0.183. The summed E-state index contributed by atoms with van der Waals surface area (Å²) in [5.74, 6) is 6.25. The normalized spacial score (nSPS) is 24.5. The first-order valence-electron chi connectivity index (χ1n) is 6.23. The van der Waals surface area contributed by atoms with Crippen LogP contribution in [0.5, 0.6) is 0 Å². The summed E-state index contributed by atoms with van der Waals surface area (Å²) in [5.41, 5.74) is 1.02. The van der Waals surface area contributed by atoms with E-state index in [0.29, 0.717) is 26.2 Å². The second-order valence-electron chi connectivity index (χ2n) is 4.14. The predicted octanol–water partition coefficient (Wildman–Crippen LogP) is 2.21. The van der Waals surface area contributed by atoms with Crippen LogP contribution >= 0.6 is 0 Å². The maximum absolute atomic E-state index is 5.68. The van der Waals surface area contributed by atoms with E-state index >= 15 is 0 Å². The Morgan fingerprint density at radius 1 is 1.22 bits per heavy atom. The van der Waals surface area contributed by atoms with Crippen molar-refractivity contribution in [1.29, 1.82) is 0 Å². The molecule has 1 fully saturated rings. The van der Waals surface area contributed by atoms with Crippen LogP contribution in [-0.4, -0.2) is 32.2 Å². The minimum Gasteiger partial charge on any atom is -0.376 e. The number of ether oxygens (including phenoxy) is 3. The van der Waals surface area contributed by atoms with Crippen molar-refractivity contribution in [2.75, 3.05) is 19.8 Å². The molecule has 0 bridgehead atoms. The highest BCUT2D eigenvalue weighted by Crippen LogP contribution is 2.08. The lowest BCUT2D eigenvalue weighted by molar-refractivity contribution is -0.198. The van der Waals surface area contributed by atoms with Gasteiger partial charge in [0.05, 0.1) is 25.9 Å². The first kappa shape index (κ1) is 13.1. The molecule has 2 unspecified atom stereocenters. The van der Waals surface area contributed by atoms with Crippen LogP contribution in [0.1, 0.15) is 18.9 Å². The van der Waals surface area contributed by atoms with Crippen molar-refractivity contribution in [1.82, 2.24) is 0 Å². The highest BCUT2D eigenvalue weighted by Gasteiger charge is 2.15. The number of hydrogen-bond acceptors (Lipinski definition) is 3. The van der Waals surface area contributed by atoms with E-state index in [9.17, 15) is 0 Å². The molecule has 96 valence electrons. The molecule has 0 N–H and O–H groups in total. The van der Waals surface area contributed by atoms with Crippen LogP contribution in [0.4, 0.5) is 0 Å². The van der Waals surface area contributed by atoms with E-state index in [1.54, 1.807) is 0 Å². The Hall–Kier alpha value is -1.34. The molecule has 1 aliphatic rings. The number of rotatable bonds is 1. The van der Waals surface area contributed by atoms with Crippen molar-refractivity contribution in [3.8, 4) is 11.8 Å². The van der Waals surface area contributed by atoms with E-state index in [-0.39, 0.29) is 12.4 Å². The third kappa shape index (κ3) is 4.50. The zero-order valence-corrected chi connectivity index (χ0v) is 10.6. The van der Waals surface area contributed by atoms with E-state index in [0.717, 1.165) is 5.56 Å². The summed E-state index contributed by atoms with van der Waals surface area (Å²) >= 11 is 0. The van der Waals surface area contributed by atoms with Gasteiger partial charge >= 0.3 is 0 Å². The molecule has 0 radical (unpaired) electrons. The van der Waals surface area contributed by atoms with Gasteiger partial charge in [-0.2, -0.15) is 0 Å². The lowest BCUT2D eigenvalue weighted by Gasteiger charge is -2.24. The summed E-state index contributed by atoms with van der Waals surface area (Å²) in [5, 5.41) is 0. The molecule has 2 rings (SSSR count). The quantitative estimate of drug-likeness (QED) is 0.711. The van der Waals surface area contributed by atoms with Crippen molar-refractivity contribution in [2.24, 2.45) is 0 Å². The van der Waals surface area contributed by atoms with Crippen LogP contribution < -0.4 is 0 Å². The van der Waals surface area contributed by atoms with E-state index in [1.165, 1.54) is 0 Å². The van der Waals surface area contributed by atoms with Gasteiger partial charge in [-0.25, -0.2) is 0 Å². The number of hydrogen-bond donors (Lipinski definition) is 0. The molecular formula is C15H18O3. The molecule has 1 saturated heterocycles. The Morgan fingerprint density at radius 2 is 2.06 bits per heavy atom. The van der Waals surface area contributed by atoms with Gasteiger partial charge in [0, 0.05) is 12.0 Å². The molecule has 0 aromatic heterocycles. The van der Waals surface area contributed by atoms with Gasteiger partial charge in [0.1, 0.15) is 0 Å². The summed E-state index contributed by atoms with van der Waals surface area (Å²) in [6.07, 6.45) is 0.455. The molecule has 0 amide bonds. The maximum atomic E-state index is 5.68. The average Bonchev–Trinajstić information content (AvgIpc) is 2.36. The zero-order valence-electron chi connectivity index (χ0n) is 10.6. The van der Waals surface area contributed by atoms with Crippen LogP contribution in [-0.2, 0) is 14.2 Å². The maximum Gasteiger partial charge on any atom is 0.155 e. The molecule has 0 saturated carbocycles. The van der Waals surface area contributed by atoms with Gasteiger partial charge < -0.3 is 14.2 Å². The highest BCUT2D eigenvalue weighted by atomic mass is 16.7. The third-order valence-electron chi connectivity index (χ3n) is 2.60. The van der Waals surface area contributed by atoms with Gasteiger partial charge in [0.25, 0.3) is 0 Å². The largest absolute Gasteiger partial charge is 0.376 e. The van der Waals surface area contributed by atoms with Gasteiger partial charge in [-0.05, 0) is 19.1 Å². The molecule has 3 nitrogen and oxygen atoms in total. The van der Waals surface area contributed by atoms with E-state index < -0.39 is 0 Å². The van der Waals surface area contributed by atoms with E-state index in [2.05, 4.69) is 11.8 Å². The van der Waals surface area contributed by atoms with Crippen molar-refractivity contribution in [3.63, 3.8) is 0 Å². The summed E-state index contributed by atoms with van der Waals surface area (Å²) in [7, 11) is 0. The second kappa shape index (κ2) is 7.17. The molecule has 1 aromatic rings. The Balaban J connectivity index is 1.86. The van der Waals surface area contributed by atoms with Crippen LogP contribution in [0, 0.1) is 11.8 Å². The Morgan fingerprint density at radius 3 is 2.89 bits per heavy atom. The molecule has 0 aliphatic carbocycles. The summed E-state index contributed by atoms with van der Waals surface area (Å²) < 4.78 is 16.5. The first-order chi connectivity index (χ1) is 8.84. The lowest BCUT2D eigenvalue weighted by Crippen LogP contribution is -2.30. The molecule has 0 spiro atoms. The van der Waals surface area contributed by atoms with Crippen LogP contribution in [0.15, 0.2) is 30.3 Å². The third-order valence-corrected chi connectivity index (χ3v) is 2.60. The molecule has 1 heterocycles. The van der Waals surface area contributed by atoms with Crippen LogP contribution in [0.2, 0.25) is 0 Å². The fraction of sp³-hybridized carbons (Fsp3) is 0.467. The first-order valence-corrected chi connectivity index (χ1v) is 6.23. The minimum absolute atomic E-state index is 0.0171. The molecule has 3 heteroatoms. The molecule has 2 atom stereocenters. The van der Waals surface area contributed by atoms with Gasteiger partial charge in [-0.3, -0.25) is 0 Å². The van der Waals surface area contributed by atoms with Crippen LogP contribution in [0.3, 0.4) is 0 Å². The van der Waals surface area contributed by atoms with Gasteiger partial charge in [-0.15, -0.1) is 0 Å². The standard InChI is InChI=1S/C15H18O3/c1-13-17-11-10-16-12-15(18-13)9-5-8-14-6-3-2-4-7-14/h2-4,6-7,13,15H,9-12H2,1H3. The second-order valence-corrected chi connectivity index (χ2v) is 4.14. The predicted molar refractivity (Wildman–Crippen MR) is 69.0 cm³/mol. The van der Waals surface area contributed by atoms with Crippen molar-refractivity contribution in [2.45, 2.75) is 25.7 Å². The molecule has 1 aliphatic heterocycles. The van der Waals surface area contributed by atoms with Crippen molar-refractivity contribution in [3.05, 3.63) is 35.9 Å². The fourth-order valence-corrected chi connectivity index (χ4v) is 1.73. The van der Waals surface area contributed by atoms with Crippen LogP contribution in [0.25, 0.3) is 0 Å². The number of benzene rings is 1. The Kier molecular flexibility index (Phi) is 5.22. The smallest absolute Gasteiger partial charge is 0.155 e. The molecule has 18 heavy (non-hydrogen) atoms.